The molecular formula is C24H24BrN3O5S2. The number of carbonyl (C=O) groups is 1. The number of methoxy groups -OCH3 is 1. The molecule has 0 bridgehead atoms. The van der Waals surface area contributed by atoms with Gasteiger partial charge in [0, 0.05) is 25.4 Å². The molecule has 0 fully saturated rings. The predicted molar refractivity (Wildman–Crippen MR) is 144 cm³/mol. The van der Waals surface area contributed by atoms with E-state index in [4.69, 9.17) is 21.7 Å². The first kappa shape index (κ1) is 26.6. The van der Waals surface area contributed by atoms with Crippen molar-refractivity contribution in [2.24, 2.45) is 0 Å². The summed E-state index contributed by atoms with van der Waals surface area (Å²) in [6.45, 7) is 0.836. The number of rotatable bonds is 9. The number of halogens is 1. The Bertz CT molecular complexity index is 1290. The molecule has 0 unspecified atom stereocenters. The summed E-state index contributed by atoms with van der Waals surface area (Å²) >= 11 is 8.62. The van der Waals surface area contributed by atoms with E-state index in [0.29, 0.717) is 40.4 Å². The van der Waals surface area contributed by atoms with Crippen LogP contribution in [0.5, 0.6) is 5.75 Å². The SMILES string of the molecule is COCCOc1ccc(C(=O)NC(=S)Nc2ccc(S(=O)(=O)N(C)c3ccccc3)cc2)cc1Br. The predicted octanol–water partition coefficient (Wildman–Crippen LogP) is 4.43. The van der Waals surface area contributed by atoms with Gasteiger partial charge in [-0.15, -0.1) is 0 Å². The lowest BCUT2D eigenvalue weighted by Gasteiger charge is -2.19. The van der Waals surface area contributed by atoms with Gasteiger partial charge in [0.2, 0.25) is 0 Å². The summed E-state index contributed by atoms with van der Waals surface area (Å²) in [5.41, 5.74) is 1.46. The number of hydrogen-bond acceptors (Lipinski definition) is 6. The second-order valence-corrected chi connectivity index (χ2v) is 10.5. The highest BCUT2D eigenvalue weighted by Gasteiger charge is 2.21. The third-order valence-electron chi connectivity index (χ3n) is 4.86. The van der Waals surface area contributed by atoms with Crippen molar-refractivity contribution in [2.75, 3.05) is 37.0 Å². The molecule has 0 aliphatic carbocycles. The minimum absolute atomic E-state index is 0.0727. The normalized spacial score (nSPS) is 10.9. The molecule has 0 saturated carbocycles. The fourth-order valence-electron chi connectivity index (χ4n) is 2.98. The van der Waals surface area contributed by atoms with Gasteiger partial charge >= 0.3 is 0 Å². The number of carbonyl (C=O) groups excluding carboxylic acids is 1. The third kappa shape index (κ3) is 7.01. The molecule has 0 radical (unpaired) electrons. The second-order valence-electron chi connectivity index (χ2n) is 7.23. The average Bonchev–Trinajstić information content (AvgIpc) is 2.85. The first-order chi connectivity index (χ1) is 16.7. The first-order valence-electron chi connectivity index (χ1n) is 10.4. The topological polar surface area (TPSA) is 97.0 Å². The summed E-state index contributed by atoms with van der Waals surface area (Å²) in [6.07, 6.45) is 0. The minimum atomic E-state index is -3.73. The lowest BCUT2D eigenvalue weighted by atomic mass is 10.2. The number of anilines is 2. The molecule has 0 aromatic heterocycles. The lowest BCUT2D eigenvalue weighted by Crippen LogP contribution is -2.34. The summed E-state index contributed by atoms with van der Waals surface area (Å²) in [5, 5.41) is 5.56. The van der Waals surface area contributed by atoms with E-state index in [-0.39, 0.29) is 10.0 Å². The molecule has 11 heteroatoms. The Morgan fingerprint density at radius 3 is 2.34 bits per heavy atom. The molecule has 0 atom stereocenters. The Balaban J connectivity index is 1.60. The summed E-state index contributed by atoms with van der Waals surface area (Å²) in [6, 6.07) is 19.8. The van der Waals surface area contributed by atoms with Crippen LogP contribution in [0, 0.1) is 0 Å². The van der Waals surface area contributed by atoms with Gasteiger partial charge in [-0.25, -0.2) is 8.42 Å². The minimum Gasteiger partial charge on any atom is -0.490 e. The van der Waals surface area contributed by atoms with Gasteiger partial charge < -0.3 is 14.8 Å². The lowest BCUT2D eigenvalue weighted by molar-refractivity contribution is 0.0977. The van der Waals surface area contributed by atoms with Crippen LogP contribution in [-0.4, -0.2) is 46.8 Å². The number of sulfonamides is 1. The monoisotopic (exact) mass is 577 g/mol. The highest BCUT2D eigenvalue weighted by Crippen LogP contribution is 2.26. The van der Waals surface area contributed by atoms with E-state index in [2.05, 4.69) is 26.6 Å². The van der Waals surface area contributed by atoms with E-state index in [1.165, 1.54) is 23.5 Å². The average molecular weight is 579 g/mol. The number of ether oxygens (including phenoxy) is 2. The second kappa shape index (κ2) is 12.1. The number of thiocarbonyl (C=S) groups is 1. The molecule has 0 aliphatic heterocycles. The van der Waals surface area contributed by atoms with Crippen LogP contribution in [0.3, 0.4) is 0 Å². The van der Waals surface area contributed by atoms with Gasteiger partial charge in [0.05, 0.1) is 21.7 Å². The van der Waals surface area contributed by atoms with E-state index in [1.54, 1.807) is 61.7 Å². The highest BCUT2D eigenvalue weighted by molar-refractivity contribution is 9.10. The molecule has 184 valence electrons. The van der Waals surface area contributed by atoms with E-state index in [0.717, 1.165) is 0 Å². The van der Waals surface area contributed by atoms with Crippen LogP contribution in [0.4, 0.5) is 11.4 Å². The number of para-hydroxylation sites is 1. The number of nitrogens with zero attached hydrogens (tertiary/aromatic N) is 1. The van der Waals surface area contributed by atoms with Crippen molar-refractivity contribution in [3.05, 3.63) is 82.8 Å². The summed E-state index contributed by atoms with van der Waals surface area (Å²) in [7, 11) is -0.641. The molecule has 0 aliphatic rings. The summed E-state index contributed by atoms with van der Waals surface area (Å²) < 4.78 is 38.1. The molecular weight excluding hydrogens is 554 g/mol. The Labute approximate surface area is 218 Å². The van der Waals surface area contributed by atoms with Gasteiger partial charge in [0.25, 0.3) is 15.9 Å². The van der Waals surface area contributed by atoms with E-state index in [9.17, 15) is 13.2 Å². The Kier molecular flexibility index (Phi) is 9.21. The van der Waals surface area contributed by atoms with Crippen molar-refractivity contribution in [2.45, 2.75) is 4.90 Å². The molecule has 0 heterocycles. The maximum atomic E-state index is 12.9. The largest absolute Gasteiger partial charge is 0.490 e. The van der Waals surface area contributed by atoms with Crippen molar-refractivity contribution in [3.8, 4) is 5.75 Å². The number of nitrogens with one attached hydrogen (secondary N) is 2. The highest BCUT2D eigenvalue weighted by atomic mass is 79.9. The van der Waals surface area contributed by atoms with Gasteiger partial charge in [0.15, 0.2) is 5.11 Å². The van der Waals surface area contributed by atoms with Crippen LogP contribution in [0.25, 0.3) is 0 Å². The zero-order valence-corrected chi connectivity index (χ0v) is 22.2. The zero-order chi connectivity index (χ0) is 25.4. The van der Waals surface area contributed by atoms with Gasteiger partial charge in [-0.1, -0.05) is 18.2 Å². The first-order valence-corrected chi connectivity index (χ1v) is 13.0. The Morgan fingerprint density at radius 1 is 1.03 bits per heavy atom. The fourth-order valence-corrected chi connectivity index (χ4v) is 4.88. The van der Waals surface area contributed by atoms with Crippen LogP contribution in [0.1, 0.15) is 10.4 Å². The molecule has 0 spiro atoms. The number of hydrogen-bond donors (Lipinski definition) is 2. The number of benzene rings is 3. The van der Waals surface area contributed by atoms with Crippen LogP contribution >= 0.6 is 28.1 Å². The number of amides is 1. The molecule has 8 nitrogen and oxygen atoms in total. The van der Waals surface area contributed by atoms with Gasteiger partial charge in [-0.05, 0) is 82.7 Å². The molecule has 2 N–H and O–H groups in total. The van der Waals surface area contributed by atoms with Crippen molar-refractivity contribution in [1.82, 2.24) is 5.32 Å². The van der Waals surface area contributed by atoms with Crippen LogP contribution in [0.15, 0.2) is 82.2 Å². The van der Waals surface area contributed by atoms with Crippen molar-refractivity contribution < 1.29 is 22.7 Å². The zero-order valence-electron chi connectivity index (χ0n) is 19.0. The smallest absolute Gasteiger partial charge is 0.264 e. The quantitative estimate of drug-likeness (QED) is 0.287. The molecule has 3 aromatic rings. The van der Waals surface area contributed by atoms with Gasteiger partial charge in [0.1, 0.15) is 12.4 Å². The van der Waals surface area contributed by atoms with Crippen molar-refractivity contribution in [3.63, 3.8) is 0 Å². The maximum absolute atomic E-state index is 12.9. The molecule has 0 saturated heterocycles. The Hall–Kier alpha value is -2.99. The van der Waals surface area contributed by atoms with E-state index in [1.807, 2.05) is 6.07 Å². The third-order valence-corrected chi connectivity index (χ3v) is 7.48. The maximum Gasteiger partial charge on any atom is 0.264 e. The molecule has 3 rings (SSSR count). The van der Waals surface area contributed by atoms with Crippen molar-refractivity contribution in [1.29, 1.82) is 0 Å². The van der Waals surface area contributed by atoms with Crippen molar-refractivity contribution >= 4 is 60.6 Å². The Morgan fingerprint density at radius 2 is 1.71 bits per heavy atom. The van der Waals surface area contributed by atoms with Crippen LogP contribution in [0.2, 0.25) is 0 Å². The van der Waals surface area contributed by atoms with E-state index < -0.39 is 15.9 Å². The summed E-state index contributed by atoms with van der Waals surface area (Å²) in [4.78, 5) is 12.7. The van der Waals surface area contributed by atoms with Gasteiger partial charge in [-0.3, -0.25) is 14.4 Å². The molecule has 3 aromatic carbocycles. The van der Waals surface area contributed by atoms with Crippen LogP contribution in [-0.2, 0) is 14.8 Å². The summed E-state index contributed by atoms with van der Waals surface area (Å²) in [5.74, 6) is 0.183. The van der Waals surface area contributed by atoms with Gasteiger partial charge in [-0.2, -0.15) is 0 Å². The standard InChI is InChI=1S/C24H24BrN3O5S2/c1-28(19-6-4-3-5-7-19)35(30,31)20-11-9-18(10-12-20)26-24(34)27-23(29)17-8-13-22(21(25)16-17)33-15-14-32-2/h3-13,16H,14-15H2,1-2H3,(H2,26,27,29,34). The van der Waals surface area contributed by atoms with Crippen LogP contribution < -0.4 is 19.7 Å². The molecule has 35 heavy (non-hydrogen) atoms. The fraction of sp³-hybridized carbons (Fsp3) is 0.167. The van der Waals surface area contributed by atoms with E-state index >= 15 is 0 Å². The molecule has 1 amide bonds.